The van der Waals surface area contributed by atoms with Crippen LogP contribution in [0.15, 0.2) is 11.6 Å². The average molecular weight is 2010 g/mol. The predicted molar refractivity (Wildman–Crippen MR) is 527 cm³/mol. The first-order valence-electron chi connectivity index (χ1n) is 51.1. The summed E-state index contributed by atoms with van der Waals surface area (Å²) in [6, 6.07) is 0. The van der Waals surface area contributed by atoms with E-state index in [1.165, 1.54) is 128 Å². The fourth-order valence-corrected chi connectivity index (χ4v) is 24.1. The summed E-state index contributed by atoms with van der Waals surface area (Å²) < 4.78 is 159. The van der Waals surface area contributed by atoms with Gasteiger partial charge in [-0.1, -0.05) is 190 Å². The molecule has 4 aliphatic carbocycles. The molecule has 5 aliphatic rings. The van der Waals surface area contributed by atoms with E-state index in [2.05, 4.69) is 82.2 Å². The summed E-state index contributed by atoms with van der Waals surface area (Å²) in [5.74, 6) is 8.52. The Hall–Kier alpha value is -1.66. The maximum atomic E-state index is 12.9. The van der Waals surface area contributed by atoms with Crippen LogP contribution < -0.4 is 9.26 Å². The maximum Gasteiger partial charge on any atom is 0.527 e. The van der Waals surface area contributed by atoms with Crippen LogP contribution in [-0.4, -0.2) is 192 Å². The second-order valence-electron chi connectivity index (χ2n) is 41.2. The molecule has 3 fully saturated rings. The lowest BCUT2D eigenvalue weighted by atomic mass is 9.47. The lowest BCUT2D eigenvalue weighted by Gasteiger charge is -2.58. The first-order valence-corrected chi connectivity index (χ1v) is 58.6. The number of phosphoric acid groups is 5. The number of phosphoric ester groups is 5. The molecule has 0 spiro atoms. The van der Waals surface area contributed by atoms with Crippen molar-refractivity contribution in [2.24, 2.45) is 64.1 Å². The van der Waals surface area contributed by atoms with E-state index in [0.29, 0.717) is 56.5 Å². The average Bonchev–Trinajstić information content (AvgIpc) is 1.47. The van der Waals surface area contributed by atoms with Crippen LogP contribution in [0, 0.1) is 84.9 Å². The van der Waals surface area contributed by atoms with Gasteiger partial charge in [0.2, 0.25) is 0 Å². The zero-order valence-electron chi connectivity index (χ0n) is 86.7. The van der Waals surface area contributed by atoms with Gasteiger partial charge in [0.05, 0.1) is 143 Å². The van der Waals surface area contributed by atoms with Gasteiger partial charge in [0.15, 0.2) is 0 Å². The molecule has 134 heavy (non-hydrogen) atoms. The van der Waals surface area contributed by atoms with Crippen LogP contribution in [0.2, 0.25) is 0 Å². The molecule has 0 radical (unpaired) electrons. The fourth-order valence-electron chi connectivity index (χ4n) is 19.7. The molecule has 0 aromatic heterocycles. The van der Waals surface area contributed by atoms with Crippen LogP contribution in [0.25, 0.3) is 0 Å². The van der Waals surface area contributed by atoms with Crippen LogP contribution >= 0.6 is 39.1 Å². The lowest BCUT2D eigenvalue weighted by Crippen LogP contribution is -2.51. The number of hydrogen-bond donors (Lipinski definition) is 5. The summed E-state index contributed by atoms with van der Waals surface area (Å²) in [5.41, 5.74) is 4.83. The molecule has 0 amide bonds. The van der Waals surface area contributed by atoms with Crippen molar-refractivity contribution >= 4 is 45.1 Å². The number of carbonyl (C=O) groups excluding carboxylic acids is 1. The highest BCUT2D eigenvalue weighted by Crippen LogP contribution is 2.68. The van der Waals surface area contributed by atoms with Crippen LogP contribution in [0.1, 0.15) is 352 Å². The second kappa shape index (κ2) is 65.0. The van der Waals surface area contributed by atoms with Crippen molar-refractivity contribution in [2.45, 2.75) is 387 Å². The maximum absolute atomic E-state index is 12.9. The molecule has 6 rings (SSSR count). The highest BCUT2D eigenvalue weighted by Gasteiger charge is 2.59. The predicted octanol–water partition coefficient (Wildman–Crippen LogP) is 25.1. The number of allylic oxidation sites excluding steroid dienone is 1. The Balaban J connectivity index is 0.000000435. The fraction of sp³-hybridized carbons (Fsp3) is 0.909. The molecular formula is C99H187O30P5. The minimum atomic E-state index is -4.42. The highest BCUT2D eigenvalue weighted by atomic mass is 31.2. The number of ether oxygens (including phenoxy) is 9. The van der Waals surface area contributed by atoms with E-state index < -0.39 is 56.9 Å². The van der Waals surface area contributed by atoms with Crippen LogP contribution in [0.5, 0.6) is 11.5 Å². The molecule has 30 nitrogen and oxygen atoms in total. The molecule has 0 bridgehead atoms. The van der Waals surface area contributed by atoms with Gasteiger partial charge < -0.3 is 66.7 Å². The smallest absolute Gasteiger partial charge is 0.487 e. The standard InChI is InChI=1S/C42H75O9P.C38H70O11P2.C19H42O10P2/c1-31(2)12-11-13-32(3)36-17-18-37-35-16-15-33-30-34(19-21-41(33,7)38(35)20-22-42(36,37)8)50-39(43)14-9-10-23-46-24-25-47-26-27-48-28-29-49-52(44,45)51-40(4,5)6;1-28(2)14-11-15-30(5)16-12-17-31(6)18-13-20-38(10)21-19-35-34(9)36(32(7)33(8)37(35)47-38)49-51(41,42)46-27-25-44-23-22-43-24-26-45-50(39,40)48-29(3)4;1-4-5-6-7-8-9-10-11-12-26-30(20,21)27-17-15-24-13-14-25-16-18-28-31(22,23)29-19(2)3/h15,31-32,34-38H,9-14,16-30H2,1-8H3,(H,44,45);28-31H,11-27H2,1-10H3,(H,39,40)(H,41,42);19H,4-18H2,1-3H3,(H,20,21)(H,22,23)/t32-,34+,35?,36?,37?,38?,41+,42-;30-,31-,38+;/m11./s1. The van der Waals surface area contributed by atoms with E-state index >= 15 is 0 Å². The van der Waals surface area contributed by atoms with Gasteiger partial charge in [0.1, 0.15) is 23.2 Å². The van der Waals surface area contributed by atoms with E-state index in [1.54, 1.807) is 54.0 Å². The topological polar surface area (TPSA) is 379 Å². The van der Waals surface area contributed by atoms with Crippen LogP contribution in [-0.2, 0) is 113 Å². The summed E-state index contributed by atoms with van der Waals surface area (Å²) in [6.07, 6.45) is 39.9. The molecule has 16 atom stereocenters. The molecule has 3 saturated carbocycles. The third-order valence-corrected chi connectivity index (χ3v) is 32.4. The summed E-state index contributed by atoms with van der Waals surface area (Å²) >= 11 is 0. The molecule has 9 unspecified atom stereocenters. The van der Waals surface area contributed by atoms with Gasteiger partial charge in [0.25, 0.3) is 0 Å². The summed E-state index contributed by atoms with van der Waals surface area (Å²) in [5, 5.41) is 0. The lowest BCUT2D eigenvalue weighted by molar-refractivity contribution is -0.151. The summed E-state index contributed by atoms with van der Waals surface area (Å²) in [6.45, 7) is 47.0. The number of hydrogen-bond acceptors (Lipinski definition) is 25. The van der Waals surface area contributed by atoms with Gasteiger partial charge in [-0.2, -0.15) is 0 Å². The van der Waals surface area contributed by atoms with Crippen LogP contribution in [0.4, 0.5) is 0 Å². The van der Waals surface area contributed by atoms with Crippen molar-refractivity contribution in [3.05, 3.63) is 33.9 Å². The zero-order chi connectivity index (χ0) is 99.7. The van der Waals surface area contributed by atoms with Gasteiger partial charge in [-0.25, -0.2) is 22.8 Å². The first-order chi connectivity index (χ1) is 63.1. The number of benzene rings is 1. The molecule has 1 aliphatic heterocycles. The Labute approximate surface area is 809 Å². The Kier molecular flexibility index (Phi) is 60.4. The van der Waals surface area contributed by atoms with E-state index in [1.807, 2.05) is 20.8 Å². The van der Waals surface area contributed by atoms with Gasteiger partial charge in [-0.15, -0.1) is 0 Å². The van der Waals surface area contributed by atoms with Crippen molar-refractivity contribution < 1.29 is 140 Å². The molecule has 1 aromatic carbocycles. The van der Waals surface area contributed by atoms with Crippen molar-refractivity contribution in [1.29, 1.82) is 0 Å². The minimum Gasteiger partial charge on any atom is -0.487 e. The number of fused-ring (bicyclic) bond motifs is 6. The zero-order valence-corrected chi connectivity index (χ0v) is 91.1. The second-order valence-corrected chi connectivity index (χ2v) is 48.3. The SMILES string of the molecule is CC(C)CCC[C@@H](C)C1CCC2C3CC=C4C[C@@H](OC(=O)CCCCOCCOCCOCCOP(=O)(O)OC(C)(C)C)CC[C@]4(C)C3CC[C@@]21C.CCCCCCCCCCOP(=O)(O)OCCOCCOCCOP(=O)(O)OC(C)C.Cc1c(C)c2c(c(C)c1OP(=O)(O)OCCOCCOCCOP(=O)(O)OC(C)C)CC[C@](C)(CCC[C@H](C)CCC[C@H](C)CCCC(C)C)O2. The molecule has 5 N–H and O–H groups in total. The third kappa shape index (κ3) is 51.7. The van der Waals surface area contributed by atoms with Crippen LogP contribution in [0.3, 0.4) is 0 Å². The molecule has 788 valence electrons. The third-order valence-electron chi connectivity index (χ3n) is 26.8. The summed E-state index contributed by atoms with van der Waals surface area (Å²) in [4.78, 5) is 61.4. The Morgan fingerprint density at radius 1 is 0.455 bits per heavy atom. The van der Waals surface area contributed by atoms with E-state index in [-0.39, 0.29) is 122 Å². The van der Waals surface area contributed by atoms with Crippen molar-refractivity contribution in [3.63, 3.8) is 0 Å². The first kappa shape index (κ1) is 125. The van der Waals surface area contributed by atoms with E-state index in [0.717, 1.165) is 152 Å². The monoisotopic (exact) mass is 2010 g/mol. The van der Waals surface area contributed by atoms with E-state index in [9.17, 15) is 52.1 Å². The Morgan fingerprint density at radius 3 is 1.40 bits per heavy atom. The van der Waals surface area contributed by atoms with Gasteiger partial charge in [-0.3, -0.25) is 50.4 Å². The Morgan fingerprint density at radius 2 is 0.896 bits per heavy atom. The highest BCUT2D eigenvalue weighted by molar-refractivity contribution is 7.48. The van der Waals surface area contributed by atoms with Crippen molar-refractivity contribution in [3.8, 4) is 11.5 Å². The van der Waals surface area contributed by atoms with E-state index in [4.69, 9.17) is 87.9 Å². The van der Waals surface area contributed by atoms with Gasteiger partial charge >= 0.3 is 45.1 Å². The minimum absolute atomic E-state index is 0.0172. The number of esters is 1. The molecule has 0 saturated heterocycles. The van der Waals surface area contributed by atoms with Crippen molar-refractivity contribution in [1.82, 2.24) is 0 Å². The van der Waals surface area contributed by atoms with Gasteiger partial charge in [0, 0.05) is 25.0 Å². The molecule has 35 heteroatoms. The largest absolute Gasteiger partial charge is 0.527 e. The van der Waals surface area contributed by atoms with Gasteiger partial charge in [-0.05, 0) is 247 Å². The van der Waals surface area contributed by atoms with Crippen molar-refractivity contribution in [2.75, 3.05) is 132 Å². The number of carbonyl (C=O) groups is 1. The molecule has 1 aromatic rings. The quantitative estimate of drug-likeness (QED) is 0.0175. The normalized spacial score (nSPS) is 23.6. The summed E-state index contributed by atoms with van der Waals surface area (Å²) in [7, 11) is -20.7. The molecular weight excluding hydrogens is 1820 g/mol. The number of rotatable bonds is 72. The Bertz CT molecular complexity index is 3660. The molecule has 1 heterocycles. The number of unbranched alkanes of at least 4 members (excludes halogenated alkanes) is 8.